The van der Waals surface area contributed by atoms with Gasteiger partial charge in [-0.25, -0.2) is 4.90 Å². The number of nitrogens with one attached hydrogen (secondary N) is 1. The number of anilines is 1. The number of imide groups is 1. The molecule has 34 heavy (non-hydrogen) atoms. The molecule has 2 aromatic heterocycles. The molecule has 0 spiro atoms. The summed E-state index contributed by atoms with van der Waals surface area (Å²) in [6.45, 7) is 0.228. The predicted octanol–water partition coefficient (Wildman–Crippen LogP) is 3.65. The monoisotopic (exact) mass is 452 g/mol. The quantitative estimate of drug-likeness (QED) is 0.449. The number of para-hydroxylation sites is 1. The number of H-pyrrole nitrogens is 1. The van der Waals surface area contributed by atoms with E-state index in [4.69, 9.17) is 9.68 Å². The van der Waals surface area contributed by atoms with E-state index in [1.807, 2.05) is 36.5 Å². The molecule has 1 N–H and O–H groups in total. The molecule has 1 fully saturated rings. The van der Waals surface area contributed by atoms with Crippen molar-refractivity contribution in [3.63, 3.8) is 0 Å². The Morgan fingerprint density at radius 3 is 2.65 bits per heavy atom. The van der Waals surface area contributed by atoms with Gasteiger partial charge in [-0.15, -0.1) is 0 Å². The molecule has 0 aliphatic carbocycles. The predicted molar refractivity (Wildman–Crippen MR) is 124 cm³/mol. The molecule has 4 aromatic rings. The molecule has 3 heterocycles. The summed E-state index contributed by atoms with van der Waals surface area (Å²) < 4.78 is 5.30. The Balaban J connectivity index is 1.43. The fraction of sp³-hybridized carbons (Fsp3) is 0.154. The minimum Gasteiger partial charge on any atom is -0.459 e. The highest BCUT2D eigenvalue weighted by Crippen LogP contribution is 2.28. The van der Waals surface area contributed by atoms with Gasteiger partial charge >= 0.3 is 0 Å². The Hall–Kier alpha value is -4.64. The number of amides is 3. The first-order valence-corrected chi connectivity index (χ1v) is 10.8. The third-order valence-corrected chi connectivity index (χ3v) is 6.04. The first kappa shape index (κ1) is 21.2. The van der Waals surface area contributed by atoms with Gasteiger partial charge in [-0.1, -0.05) is 18.2 Å². The van der Waals surface area contributed by atoms with Crippen molar-refractivity contribution in [2.45, 2.75) is 18.9 Å². The third kappa shape index (κ3) is 3.73. The molecule has 1 aliphatic rings. The highest BCUT2D eigenvalue weighted by molar-refractivity contribution is 6.23. The highest BCUT2D eigenvalue weighted by atomic mass is 16.3. The van der Waals surface area contributed by atoms with Crippen LogP contribution in [-0.2, 0) is 16.0 Å². The van der Waals surface area contributed by atoms with Gasteiger partial charge in [0.25, 0.3) is 11.8 Å². The number of aromatic amines is 1. The number of benzene rings is 2. The number of hydrogen-bond acceptors (Lipinski definition) is 5. The zero-order chi connectivity index (χ0) is 23.7. The molecule has 5 rings (SSSR count). The average Bonchev–Trinajstić information content (AvgIpc) is 3.60. The fourth-order valence-electron chi connectivity index (χ4n) is 4.34. The van der Waals surface area contributed by atoms with Crippen LogP contribution in [-0.4, -0.2) is 40.2 Å². The lowest BCUT2D eigenvalue weighted by Gasteiger charge is -2.27. The van der Waals surface area contributed by atoms with Gasteiger partial charge < -0.3 is 14.3 Å². The number of carbonyl (C=O) groups excluding carboxylic acids is 3. The zero-order valence-corrected chi connectivity index (χ0v) is 18.1. The highest BCUT2D eigenvalue weighted by Gasteiger charge is 2.44. The van der Waals surface area contributed by atoms with Crippen LogP contribution in [0.25, 0.3) is 10.9 Å². The summed E-state index contributed by atoms with van der Waals surface area (Å²) in [5.41, 5.74) is 2.79. The number of hydrogen-bond donors (Lipinski definition) is 1. The molecule has 1 unspecified atom stereocenters. The van der Waals surface area contributed by atoms with Crippen LogP contribution in [0.3, 0.4) is 0 Å². The molecule has 0 radical (unpaired) electrons. The molecule has 168 valence electrons. The maximum Gasteiger partial charge on any atom is 0.290 e. The topological polar surface area (TPSA) is 110 Å². The van der Waals surface area contributed by atoms with E-state index in [9.17, 15) is 14.4 Å². The molecule has 1 aliphatic heterocycles. The molecule has 1 atom stereocenters. The van der Waals surface area contributed by atoms with Gasteiger partial charge in [0, 0.05) is 23.6 Å². The van der Waals surface area contributed by atoms with Gasteiger partial charge in [0.05, 0.1) is 30.0 Å². The second-order valence-electron chi connectivity index (χ2n) is 8.03. The summed E-state index contributed by atoms with van der Waals surface area (Å²) in [6.07, 6.45) is 3.66. The van der Waals surface area contributed by atoms with Gasteiger partial charge in [-0.3, -0.25) is 14.4 Å². The molecular weight excluding hydrogens is 432 g/mol. The SMILES string of the molecule is N#Cc1ccc(N2C(=O)CC(N(CCc3c[nH]c4ccccc34)C(=O)c3ccco3)C2=O)cc1. The lowest BCUT2D eigenvalue weighted by molar-refractivity contribution is -0.122. The van der Waals surface area contributed by atoms with Crippen LogP contribution in [0.15, 0.2) is 77.5 Å². The summed E-state index contributed by atoms with van der Waals surface area (Å²) in [7, 11) is 0. The molecule has 1 saturated heterocycles. The first-order valence-electron chi connectivity index (χ1n) is 10.8. The van der Waals surface area contributed by atoms with Gasteiger partial charge in [0.2, 0.25) is 5.91 Å². The number of aromatic nitrogens is 1. The van der Waals surface area contributed by atoms with Crippen LogP contribution in [0.1, 0.15) is 28.1 Å². The molecule has 0 saturated carbocycles. The second kappa shape index (κ2) is 8.71. The Kier molecular flexibility index (Phi) is 5.44. The fourth-order valence-corrected chi connectivity index (χ4v) is 4.34. The number of carbonyl (C=O) groups is 3. The maximum absolute atomic E-state index is 13.4. The van der Waals surface area contributed by atoms with Crippen molar-refractivity contribution in [1.29, 1.82) is 5.26 Å². The molecule has 2 aromatic carbocycles. The van der Waals surface area contributed by atoms with Crippen molar-refractivity contribution in [2.24, 2.45) is 0 Å². The van der Waals surface area contributed by atoms with Crippen LogP contribution in [0.4, 0.5) is 5.69 Å². The minimum atomic E-state index is -0.953. The van der Waals surface area contributed by atoms with Crippen molar-refractivity contribution in [2.75, 3.05) is 11.4 Å². The zero-order valence-electron chi connectivity index (χ0n) is 18.1. The molecular formula is C26H20N4O4. The number of fused-ring (bicyclic) bond motifs is 1. The summed E-state index contributed by atoms with van der Waals surface area (Å²) in [5.74, 6) is -1.22. The van der Waals surface area contributed by atoms with E-state index in [1.54, 1.807) is 36.4 Å². The maximum atomic E-state index is 13.4. The van der Waals surface area contributed by atoms with E-state index >= 15 is 0 Å². The Bertz CT molecular complexity index is 1410. The van der Waals surface area contributed by atoms with Crippen molar-refractivity contribution in [3.05, 3.63) is 90.0 Å². The van der Waals surface area contributed by atoms with Crippen molar-refractivity contribution in [1.82, 2.24) is 9.88 Å². The second-order valence-corrected chi connectivity index (χ2v) is 8.03. The number of nitrogens with zero attached hydrogens (tertiary/aromatic N) is 3. The smallest absolute Gasteiger partial charge is 0.290 e. The van der Waals surface area contributed by atoms with Crippen LogP contribution >= 0.6 is 0 Å². The largest absolute Gasteiger partial charge is 0.459 e. The van der Waals surface area contributed by atoms with Gasteiger partial charge in [0.15, 0.2) is 5.76 Å². The standard InChI is InChI=1S/C26H20N4O4/c27-15-17-7-9-19(10-8-17)30-24(31)14-22(25(30)32)29(26(33)23-6-3-13-34-23)12-11-18-16-28-21-5-2-1-4-20(18)21/h1-10,13,16,22,28H,11-12,14H2. The van der Waals surface area contributed by atoms with Crippen LogP contribution in [0.5, 0.6) is 0 Å². The first-order chi connectivity index (χ1) is 16.6. The van der Waals surface area contributed by atoms with Crippen LogP contribution in [0.2, 0.25) is 0 Å². The number of furan rings is 1. The van der Waals surface area contributed by atoms with Gasteiger partial charge in [-0.2, -0.15) is 5.26 Å². The van der Waals surface area contributed by atoms with E-state index in [-0.39, 0.29) is 18.7 Å². The minimum absolute atomic E-state index is 0.107. The summed E-state index contributed by atoms with van der Waals surface area (Å²) in [5, 5.41) is 10.1. The van der Waals surface area contributed by atoms with E-state index in [1.165, 1.54) is 11.2 Å². The van der Waals surface area contributed by atoms with Crippen LogP contribution < -0.4 is 4.90 Å². The summed E-state index contributed by atoms with van der Waals surface area (Å²) in [4.78, 5) is 45.2. The average molecular weight is 452 g/mol. The molecule has 3 amide bonds. The lowest BCUT2D eigenvalue weighted by Crippen LogP contribution is -2.46. The van der Waals surface area contributed by atoms with E-state index in [2.05, 4.69) is 4.98 Å². The molecule has 0 bridgehead atoms. The Labute approximate surface area is 195 Å². The van der Waals surface area contributed by atoms with Gasteiger partial charge in [-0.05, 0) is 54.4 Å². The molecule has 8 heteroatoms. The van der Waals surface area contributed by atoms with Crippen molar-refractivity contribution < 1.29 is 18.8 Å². The van der Waals surface area contributed by atoms with Crippen LogP contribution in [0, 0.1) is 11.3 Å². The van der Waals surface area contributed by atoms with E-state index in [0.717, 1.165) is 21.4 Å². The normalized spacial score (nSPS) is 15.6. The van der Waals surface area contributed by atoms with Crippen molar-refractivity contribution >= 4 is 34.3 Å². The summed E-state index contributed by atoms with van der Waals surface area (Å²) >= 11 is 0. The number of nitriles is 1. The van der Waals surface area contributed by atoms with E-state index < -0.39 is 23.8 Å². The van der Waals surface area contributed by atoms with Gasteiger partial charge in [0.1, 0.15) is 6.04 Å². The summed E-state index contributed by atoms with van der Waals surface area (Å²) in [6, 6.07) is 18.3. The lowest BCUT2D eigenvalue weighted by atomic mass is 10.1. The number of rotatable bonds is 6. The third-order valence-electron chi connectivity index (χ3n) is 6.04. The van der Waals surface area contributed by atoms with Crippen molar-refractivity contribution in [3.8, 4) is 6.07 Å². The Morgan fingerprint density at radius 1 is 1.12 bits per heavy atom. The molecule has 8 nitrogen and oxygen atoms in total. The van der Waals surface area contributed by atoms with E-state index in [0.29, 0.717) is 17.7 Å². The Morgan fingerprint density at radius 2 is 1.91 bits per heavy atom.